The second-order valence-electron chi connectivity index (χ2n) is 5.98. The Bertz CT molecular complexity index is 691. The highest BCUT2D eigenvalue weighted by Crippen LogP contribution is 2.29. The molecule has 1 aromatic heterocycles. The SMILES string of the molecule is Cc1cc(Cl)cc2cc(C=O)c(N3CCC(C)CC3)nc12. The third-order valence-corrected chi connectivity index (χ3v) is 4.51. The molecule has 0 radical (unpaired) electrons. The van der Waals surface area contributed by atoms with Gasteiger partial charge < -0.3 is 4.90 Å². The maximum atomic E-state index is 11.4. The molecule has 1 aliphatic rings. The topological polar surface area (TPSA) is 33.2 Å². The summed E-state index contributed by atoms with van der Waals surface area (Å²) in [7, 11) is 0. The fourth-order valence-electron chi connectivity index (χ4n) is 2.99. The molecule has 1 aliphatic heterocycles. The minimum Gasteiger partial charge on any atom is -0.356 e. The molecule has 0 spiro atoms. The monoisotopic (exact) mass is 302 g/mol. The van der Waals surface area contributed by atoms with Gasteiger partial charge in [0.1, 0.15) is 5.82 Å². The van der Waals surface area contributed by atoms with Crippen molar-refractivity contribution in [3.63, 3.8) is 0 Å². The van der Waals surface area contributed by atoms with Gasteiger partial charge in [-0.2, -0.15) is 0 Å². The molecule has 0 unspecified atom stereocenters. The number of halogens is 1. The normalized spacial score (nSPS) is 16.4. The number of aryl methyl sites for hydroxylation is 1. The standard InChI is InChI=1S/C17H19ClN2O/c1-11-3-5-20(6-4-11)17-14(10-21)8-13-9-15(18)7-12(2)16(13)19-17/h7-11H,3-6H2,1-2H3. The van der Waals surface area contributed by atoms with E-state index < -0.39 is 0 Å². The van der Waals surface area contributed by atoms with Crippen LogP contribution in [0.2, 0.25) is 5.02 Å². The van der Waals surface area contributed by atoms with Crippen molar-refractivity contribution in [2.75, 3.05) is 18.0 Å². The van der Waals surface area contributed by atoms with Gasteiger partial charge in [0.05, 0.1) is 11.1 Å². The molecule has 1 fully saturated rings. The van der Waals surface area contributed by atoms with Gasteiger partial charge in [0.2, 0.25) is 0 Å². The van der Waals surface area contributed by atoms with Crippen LogP contribution < -0.4 is 4.90 Å². The molecule has 0 bridgehead atoms. The van der Waals surface area contributed by atoms with Crippen molar-refractivity contribution in [1.82, 2.24) is 4.98 Å². The molecule has 21 heavy (non-hydrogen) atoms. The first-order chi connectivity index (χ1) is 10.1. The second kappa shape index (κ2) is 5.64. The van der Waals surface area contributed by atoms with Crippen molar-refractivity contribution >= 4 is 34.6 Å². The number of carbonyl (C=O) groups excluding carboxylic acids is 1. The highest BCUT2D eigenvalue weighted by molar-refractivity contribution is 6.31. The van der Waals surface area contributed by atoms with Crippen LogP contribution in [0.25, 0.3) is 10.9 Å². The number of rotatable bonds is 2. The number of carbonyl (C=O) groups is 1. The summed E-state index contributed by atoms with van der Waals surface area (Å²) in [5.74, 6) is 1.57. The van der Waals surface area contributed by atoms with E-state index in [4.69, 9.17) is 16.6 Å². The molecule has 1 aromatic carbocycles. The van der Waals surface area contributed by atoms with Crippen molar-refractivity contribution in [2.24, 2.45) is 5.92 Å². The third kappa shape index (κ3) is 2.75. The first-order valence-corrected chi connectivity index (χ1v) is 7.77. The number of piperidine rings is 1. The van der Waals surface area contributed by atoms with E-state index in [1.165, 1.54) is 0 Å². The van der Waals surface area contributed by atoms with Crippen molar-refractivity contribution in [3.05, 3.63) is 34.3 Å². The maximum Gasteiger partial charge on any atom is 0.153 e. The Morgan fingerprint density at radius 2 is 2.00 bits per heavy atom. The first kappa shape index (κ1) is 14.3. The quantitative estimate of drug-likeness (QED) is 0.778. The number of fused-ring (bicyclic) bond motifs is 1. The Kier molecular flexibility index (Phi) is 3.85. The highest BCUT2D eigenvalue weighted by atomic mass is 35.5. The lowest BCUT2D eigenvalue weighted by atomic mass is 9.98. The van der Waals surface area contributed by atoms with E-state index in [2.05, 4.69) is 11.8 Å². The predicted octanol–water partition coefficient (Wildman–Crippen LogP) is 4.25. The zero-order chi connectivity index (χ0) is 15.0. The molecule has 3 rings (SSSR count). The molecule has 4 heteroatoms. The van der Waals surface area contributed by atoms with Gasteiger partial charge in [-0.05, 0) is 49.4 Å². The van der Waals surface area contributed by atoms with Crippen molar-refractivity contribution in [2.45, 2.75) is 26.7 Å². The van der Waals surface area contributed by atoms with Crippen LogP contribution in [0.1, 0.15) is 35.7 Å². The lowest BCUT2D eigenvalue weighted by Crippen LogP contribution is -2.34. The van der Waals surface area contributed by atoms with E-state index in [-0.39, 0.29) is 0 Å². The summed E-state index contributed by atoms with van der Waals surface area (Å²) < 4.78 is 0. The van der Waals surface area contributed by atoms with Gasteiger partial charge in [0.25, 0.3) is 0 Å². The van der Waals surface area contributed by atoms with Crippen LogP contribution in [0.15, 0.2) is 18.2 Å². The average Bonchev–Trinajstić information content (AvgIpc) is 2.47. The molecule has 0 saturated carbocycles. The lowest BCUT2D eigenvalue weighted by molar-refractivity contribution is 0.112. The maximum absolute atomic E-state index is 11.4. The van der Waals surface area contributed by atoms with Gasteiger partial charge in [-0.3, -0.25) is 4.79 Å². The number of hydrogen-bond donors (Lipinski definition) is 0. The number of aldehydes is 1. The Labute approximate surface area is 129 Å². The number of benzene rings is 1. The van der Waals surface area contributed by atoms with Crippen LogP contribution in [0.3, 0.4) is 0 Å². The second-order valence-corrected chi connectivity index (χ2v) is 6.42. The van der Waals surface area contributed by atoms with E-state index in [1.54, 1.807) is 0 Å². The molecular formula is C17H19ClN2O. The Morgan fingerprint density at radius 3 is 2.67 bits per heavy atom. The zero-order valence-corrected chi connectivity index (χ0v) is 13.2. The van der Waals surface area contributed by atoms with Gasteiger partial charge in [-0.15, -0.1) is 0 Å². The van der Waals surface area contributed by atoms with Crippen LogP contribution in [0, 0.1) is 12.8 Å². The van der Waals surface area contributed by atoms with E-state index in [1.807, 2.05) is 25.1 Å². The first-order valence-electron chi connectivity index (χ1n) is 7.39. The number of anilines is 1. The predicted molar refractivity (Wildman–Crippen MR) is 87.5 cm³/mol. The van der Waals surface area contributed by atoms with Crippen LogP contribution in [0.5, 0.6) is 0 Å². The number of aromatic nitrogens is 1. The van der Waals surface area contributed by atoms with Crippen molar-refractivity contribution in [1.29, 1.82) is 0 Å². The van der Waals surface area contributed by atoms with E-state index in [9.17, 15) is 4.79 Å². The van der Waals surface area contributed by atoms with Crippen LogP contribution in [0.4, 0.5) is 5.82 Å². The average molecular weight is 303 g/mol. The van der Waals surface area contributed by atoms with E-state index in [0.29, 0.717) is 10.6 Å². The van der Waals surface area contributed by atoms with Crippen molar-refractivity contribution in [3.8, 4) is 0 Å². The summed E-state index contributed by atoms with van der Waals surface area (Å²) >= 11 is 6.10. The van der Waals surface area contributed by atoms with Crippen LogP contribution >= 0.6 is 11.6 Å². The van der Waals surface area contributed by atoms with Gasteiger partial charge in [-0.25, -0.2) is 4.98 Å². The van der Waals surface area contributed by atoms with E-state index in [0.717, 1.165) is 60.4 Å². The van der Waals surface area contributed by atoms with Crippen LogP contribution in [-0.2, 0) is 0 Å². The molecule has 2 aromatic rings. The van der Waals surface area contributed by atoms with Gasteiger partial charge >= 0.3 is 0 Å². The Hall–Kier alpha value is -1.61. The summed E-state index contributed by atoms with van der Waals surface area (Å²) in [5, 5.41) is 1.61. The fourth-order valence-corrected chi connectivity index (χ4v) is 3.27. The minimum absolute atomic E-state index is 0.652. The molecule has 3 nitrogen and oxygen atoms in total. The molecule has 2 heterocycles. The largest absolute Gasteiger partial charge is 0.356 e. The molecular weight excluding hydrogens is 284 g/mol. The van der Waals surface area contributed by atoms with Gasteiger partial charge in [0, 0.05) is 23.5 Å². The van der Waals surface area contributed by atoms with E-state index >= 15 is 0 Å². The summed E-state index contributed by atoms with van der Waals surface area (Å²) in [6.45, 7) is 6.21. The summed E-state index contributed by atoms with van der Waals surface area (Å²) in [4.78, 5) is 18.5. The summed E-state index contributed by atoms with van der Waals surface area (Å²) in [5.41, 5.74) is 2.62. The van der Waals surface area contributed by atoms with Gasteiger partial charge in [-0.1, -0.05) is 18.5 Å². The molecule has 110 valence electrons. The van der Waals surface area contributed by atoms with Crippen LogP contribution in [-0.4, -0.2) is 24.4 Å². The van der Waals surface area contributed by atoms with Gasteiger partial charge in [0.15, 0.2) is 6.29 Å². The highest BCUT2D eigenvalue weighted by Gasteiger charge is 2.20. The smallest absolute Gasteiger partial charge is 0.153 e. The Morgan fingerprint density at radius 1 is 1.29 bits per heavy atom. The lowest BCUT2D eigenvalue weighted by Gasteiger charge is -2.32. The molecule has 0 aliphatic carbocycles. The molecule has 0 amide bonds. The number of nitrogens with zero attached hydrogens (tertiary/aromatic N) is 2. The zero-order valence-electron chi connectivity index (χ0n) is 12.4. The van der Waals surface area contributed by atoms with Crippen molar-refractivity contribution < 1.29 is 4.79 Å². The Balaban J connectivity index is 2.11. The minimum atomic E-state index is 0.652. The molecule has 0 atom stereocenters. The molecule has 0 N–H and O–H groups in total. The summed E-state index contributed by atoms with van der Waals surface area (Å²) in [6.07, 6.45) is 3.20. The number of hydrogen-bond acceptors (Lipinski definition) is 3. The third-order valence-electron chi connectivity index (χ3n) is 4.29. The summed E-state index contributed by atoms with van der Waals surface area (Å²) in [6, 6.07) is 5.69. The number of pyridine rings is 1. The fraction of sp³-hybridized carbons (Fsp3) is 0.412. The molecule has 1 saturated heterocycles.